The molecule has 0 heterocycles. The van der Waals surface area contributed by atoms with Gasteiger partial charge in [-0.3, -0.25) is 14.9 Å². The summed E-state index contributed by atoms with van der Waals surface area (Å²) < 4.78 is 0. The van der Waals surface area contributed by atoms with Crippen molar-refractivity contribution in [2.24, 2.45) is 5.10 Å². The van der Waals surface area contributed by atoms with Gasteiger partial charge < -0.3 is 0 Å². The Balaban J connectivity index is 2.22. The van der Waals surface area contributed by atoms with E-state index in [1.807, 2.05) is 0 Å². The molecule has 6 nitrogen and oxygen atoms in total. The van der Waals surface area contributed by atoms with Gasteiger partial charge in [0.25, 0.3) is 11.6 Å². The van der Waals surface area contributed by atoms with Gasteiger partial charge in [0.15, 0.2) is 0 Å². The van der Waals surface area contributed by atoms with E-state index in [2.05, 4.69) is 10.5 Å². The number of benzene rings is 2. The SMILES string of the molecule is C/C(=N\NC(=O)c1ccccc1[N+](=O)[O-])c1ccccc1Cl. The predicted octanol–water partition coefficient (Wildman–Crippen LogP) is 3.40. The minimum Gasteiger partial charge on any atom is -0.267 e. The molecule has 0 aliphatic heterocycles. The summed E-state index contributed by atoms with van der Waals surface area (Å²) in [5.74, 6) is -0.654. The molecule has 0 saturated carbocycles. The first-order valence-corrected chi connectivity index (χ1v) is 6.71. The number of nitrogens with zero attached hydrogens (tertiary/aromatic N) is 2. The standard InChI is InChI=1S/C15H12ClN3O3/c1-10(11-6-2-4-8-13(11)16)17-18-15(20)12-7-3-5-9-14(12)19(21)22/h2-9H,1H3,(H,18,20)/b17-10+. The van der Waals surface area contributed by atoms with Crippen LogP contribution in [0.3, 0.4) is 0 Å². The van der Waals surface area contributed by atoms with Crippen LogP contribution in [-0.4, -0.2) is 16.5 Å². The summed E-state index contributed by atoms with van der Waals surface area (Å²) in [7, 11) is 0. The highest BCUT2D eigenvalue weighted by molar-refractivity contribution is 6.34. The van der Waals surface area contributed by atoms with Crippen LogP contribution in [0.5, 0.6) is 0 Å². The first kappa shape index (κ1) is 15.7. The molecule has 0 aliphatic carbocycles. The Morgan fingerprint density at radius 3 is 2.36 bits per heavy atom. The molecule has 0 saturated heterocycles. The molecule has 2 aromatic carbocycles. The predicted molar refractivity (Wildman–Crippen MR) is 84.2 cm³/mol. The van der Waals surface area contributed by atoms with Gasteiger partial charge in [-0.05, 0) is 19.1 Å². The lowest BCUT2D eigenvalue weighted by Gasteiger charge is -2.05. The molecule has 0 aliphatic rings. The summed E-state index contributed by atoms with van der Waals surface area (Å²) >= 11 is 6.04. The van der Waals surface area contributed by atoms with Crippen molar-refractivity contribution in [1.29, 1.82) is 0 Å². The average molecular weight is 318 g/mol. The van der Waals surface area contributed by atoms with Crippen molar-refractivity contribution in [1.82, 2.24) is 5.43 Å². The molecule has 2 rings (SSSR count). The number of carbonyl (C=O) groups is 1. The van der Waals surface area contributed by atoms with Crippen LogP contribution >= 0.6 is 11.6 Å². The molecule has 0 radical (unpaired) electrons. The van der Waals surface area contributed by atoms with Crippen molar-refractivity contribution >= 4 is 28.9 Å². The Labute approximate surface area is 131 Å². The van der Waals surface area contributed by atoms with Crippen LogP contribution in [0.2, 0.25) is 5.02 Å². The van der Waals surface area contributed by atoms with Crippen molar-refractivity contribution in [3.8, 4) is 0 Å². The molecular weight excluding hydrogens is 306 g/mol. The van der Waals surface area contributed by atoms with Gasteiger partial charge in [0.2, 0.25) is 0 Å². The van der Waals surface area contributed by atoms with E-state index in [0.717, 1.165) is 0 Å². The van der Waals surface area contributed by atoms with E-state index in [1.165, 1.54) is 18.2 Å². The molecule has 22 heavy (non-hydrogen) atoms. The number of nitro groups is 1. The van der Waals surface area contributed by atoms with Crippen LogP contribution in [0.15, 0.2) is 53.6 Å². The Kier molecular flexibility index (Phi) is 4.85. The second kappa shape index (κ2) is 6.82. The van der Waals surface area contributed by atoms with Gasteiger partial charge in [-0.25, -0.2) is 5.43 Å². The second-order valence-electron chi connectivity index (χ2n) is 4.39. The van der Waals surface area contributed by atoms with Gasteiger partial charge in [-0.1, -0.05) is 41.9 Å². The quantitative estimate of drug-likeness (QED) is 0.533. The number of carbonyl (C=O) groups excluding carboxylic acids is 1. The number of amides is 1. The molecule has 0 unspecified atom stereocenters. The van der Waals surface area contributed by atoms with E-state index < -0.39 is 10.8 Å². The minimum atomic E-state index is -0.654. The topological polar surface area (TPSA) is 84.6 Å². The van der Waals surface area contributed by atoms with Crippen molar-refractivity contribution in [2.45, 2.75) is 6.92 Å². The molecule has 0 fully saturated rings. The third kappa shape index (κ3) is 3.48. The molecule has 1 N–H and O–H groups in total. The monoisotopic (exact) mass is 317 g/mol. The van der Waals surface area contributed by atoms with Gasteiger partial charge >= 0.3 is 0 Å². The number of hydrazone groups is 1. The molecule has 0 atom stereocenters. The van der Waals surface area contributed by atoms with Gasteiger partial charge in [-0.15, -0.1) is 0 Å². The molecule has 0 bridgehead atoms. The van der Waals surface area contributed by atoms with Crippen LogP contribution in [0.1, 0.15) is 22.8 Å². The normalized spacial score (nSPS) is 11.1. The molecule has 0 aromatic heterocycles. The second-order valence-corrected chi connectivity index (χ2v) is 4.80. The summed E-state index contributed by atoms with van der Waals surface area (Å²) in [4.78, 5) is 22.3. The van der Waals surface area contributed by atoms with Crippen molar-refractivity contribution in [2.75, 3.05) is 0 Å². The first-order valence-electron chi connectivity index (χ1n) is 6.33. The highest BCUT2D eigenvalue weighted by Crippen LogP contribution is 2.18. The van der Waals surface area contributed by atoms with Crippen molar-refractivity contribution in [3.05, 3.63) is 74.8 Å². The van der Waals surface area contributed by atoms with Gasteiger partial charge in [0, 0.05) is 16.7 Å². The van der Waals surface area contributed by atoms with E-state index in [0.29, 0.717) is 16.3 Å². The van der Waals surface area contributed by atoms with Crippen molar-refractivity contribution < 1.29 is 9.72 Å². The Hall–Kier alpha value is -2.73. The van der Waals surface area contributed by atoms with E-state index in [-0.39, 0.29) is 11.3 Å². The van der Waals surface area contributed by atoms with Crippen LogP contribution < -0.4 is 5.43 Å². The zero-order chi connectivity index (χ0) is 16.1. The lowest BCUT2D eigenvalue weighted by atomic mass is 10.1. The molecular formula is C15H12ClN3O3. The van der Waals surface area contributed by atoms with Crippen LogP contribution in [0.25, 0.3) is 0 Å². The van der Waals surface area contributed by atoms with Crippen molar-refractivity contribution in [3.63, 3.8) is 0 Å². The smallest absolute Gasteiger partial charge is 0.267 e. The first-order chi connectivity index (χ1) is 10.5. The molecule has 0 spiro atoms. The molecule has 7 heteroatoms. The molecule has 2 aromatic rings. The summed E-state index contributed by atoms with van der Waals surface area (Å²) in [5.41, 5.74) is 3.15. The lowest BCUT2D eigenvalue weighted by Crippen LogP contribution is -2.20. The van der Waals surface area contributed by atoms with E-state index in [4.69, 9.17) is 11.6 Å². The number of rotatable bonds is 4. The number of halogens is 1. The van der Waals surface area contributed by atoms with Gasteiger partial charge in [-0.2, -0.15) is 5.10 Å². The Bertz CT molecular complexity index is 759. The number of para-hydroxylation sites is 1. The fourth-order valence-corrected chi connectivity index (χ4v) is 2.11. The largest absolute Gasteiger partial charge is 0.282 e. The molecule has 1 amide bonds. The number of hydrogen-bond donors (Lipinski definition) is 1. The summed E-state index contributed by atoms with van der Waals surface area (Å²) in [6.45, 7) is 1.68. The van der Waals surface area contributed by atoms with Gasteiger partial charge in [0.05, 0.1) is 10.6 Å². The fourth-order valence-electron chi connectivity index (χ4n) is 1.83. The highest BCUT2D eigenvalue weighted by atomic mass is 35.5. The third-order valence-corrected chi connectivity index (χ3v) is 3.26. The highest BCUT2D eigenvalue weighted by Gasteiger charge is 2.18. The third-order valence-electron chi connectivity index (χ3n) is 2.93. The Morgan fingerprint density at radius 1 is 1.14 bits per heavy atom. The van der Waals surface area contributed by atoms with Crippen LogP contribution in [0.4, 0.5) is 5.69 Å². The maximum Gasteiger partial charge on any atom is 0.282 e. The number of nitro benzene ring substituents is 1. The minimum absolute atomic E-state index is 0.0526. The summed E-state index contributed by atoms with van der Waals surface area (Å²) in [6, 6.07) is 12.7. The maximum atomic E-state index is 12.0. The van der Waals surface area contributed by atoms with E-state index >= 15 is 0 Å². The zero-order valence-corrected chi connectivity index (χ0v) is 12.4. The van der Waals surface area contributed by atoms with E-state index in [1.54, 1.807) is 37.3 Å². The summed E-state index contributed by atoms with van der Waals surface area (Å²) in [5, 5.41) is 15.3. The molecule has 112 valence electrons. The van der Waals surface area contributed by atoms with Gasteiger partial charge in [0.1, 0.15) is 5.56 Å². The summed E-state index contributed by atoms with van der Waals surface area (Å²) in [6.07, 6.45) is 0. The van der Waals surface area contributed by atoms with Crippen LogP contribution in [-0.2, 0) is 0 Å². The number of hydrogen-bond acceptors (Lipinski definition) is 4. The van der Waals surface area contributed by atoms with E-state index in [9.17, 15) is 14.9 Å². The number of nitrogens with one attached hydrogen (secondary N) is 1. The lowest BCUT2D eigenvalue weighted by molar-refractivity contribution is -0.385. The Morgan fingerprint density at radius 2 is 1.73 bits per heavy atom. The van der Waals surface area contributed by atoms with Crippen LogP contribution in [0, 0.1) is 10.1 Å². The maximum absolute atomic E-state index is 12.0. The average Bonchev–Trinajstić information content (AvgIpc) is 2.52. The zero-order valence-electron chi connectivity index (χ0n) is 11.6. The fraction of sp³-hybridized carbons (Fsp3) is 0.0667.